The highest BCUT2D eigenvalue weighted by molar-refractivity contribution is 5.41. The van der Waals surface area contributed by atoms with E-state index in [1.165, 1.54) is 12.8 Å². The molecular weight excluding hydrogens is 228 g/mol. The lowest BCUT2D eigenvalue weighted by Gasteiger charge is -2.19. The molecule has 0 atom stereocenters. The second-order valence-corrected chi connectivity index (χ2v) is 5.07. The molecule has 0 amide bonds. The number of ether oxygens (including phenoxy) is 1. The number of aromatic nitrogens is 1. The van der Waals surface area contributed by atoms with Gasteiger partial charge in [0.15, 0.2) is 0 Å². The predicted molar refractivity (Wildman–Crippen MR) is 71.7 cm³/mol. The first-order valence-corrected chi connectivity index (χ1v) is 6.56. The van der Waals surface area contributed by atoms with Crippen LogP contribution in [-0.2, 0) is 11.3 Å². The second kappa shape index (κ2) is 6.16. The second-order valence-electron chi connectivity index (χ2n) is 5.07. The molecule has 1 saturated carbocycles. The molecule has 0 aromatic carbocycles. The minimum Gasteiger partial charge on any atom is -0.392 e. The third kappa shape index (κ3) is 3.96. The van der Waals surface area contributed by atoms with Crippen LogP contribution in [-0.4, -0.2) is 36.9 Å². The Morgan fingerprint density at radius 3 is 2.89 bits per heavy atom. The number of aliphatic hydroxyl groups is 1. The molecule has 0 spiro atoms. The van der Waals surface area contributed by atoms with Crippen LogP contribution in [0, 0.1) is 12.8 Å². The Labute approximate surface area is 109 Å². The van der Waals surface area contributed by atoms with E-state index in [1.54, 1.807) is 0 Å². The van der Waals surface area contributed by atoms with Crippen molar-refractivity contribution in [1.29, 1.82) is 0 Å². The summed E-state index contributed by atoms with van der Waals surface area (Å²) in [5.74, 6) is 1.71. The van der Waals surface area contributed by atoms with Gasteiger partial charge in [-0.2, -0.15) is 0 Å². The Morgan fingerprint density at radius 1 is 1.44 bits per heavy atom. The topological polar surface area (TPSA) is 45.6 Å². The summed E-state index contributed by atoms with van der Waals surface area (Å²) >= 11 is 0. The number of nitrogens with zero attached hydrogens (tertiary/aromatic N) is 2. The maximum absolute atomic E-state index is 9.18. The number of hydrogen-bond acceptors (Lipinski definition) is 4. The van der Waals surface area contributed by atoms with Gasteiger partial charge in [0.25, 0.3) is 0 Å². The van der Waals surface area contributed by atoms with E-state index in [1.807, 2.05) is 26.1 Å². The Hall–Kier alpha value is -1.13. The minimum atomic E-state index is 0.0579. The maximum Gasteiger partial charge on any atom is 0.128 e. The van der Waals surface area contributed by atoms with E-state index in [0.717, 1.165) is 42.8 Å². The summed E-state index contributed by atoms with van der Waals surface area (Å²) in [6.45, 7) is 4.46. The smallest absolute Gasteiger partial charge is 0.128 e. The van der Waals surface area contributed by atoms with Crippen LogP contribution < -0.4 is 4.90 Å². The number of aliphatic hydroxyl groups excluding tert-OH is 1. The molecule has 1 aromatic heterocycles. The first kappa shape index (κ1) is 13.3. The third-order valence-corrected chi connectivity index (χ3v) is 3.19. The number of pyridine rings is 1. The highest BCUT2D eigenvalue weighted by Crippen LogP contribution is 2.28. The van der Waals surface area contributed by atoms with Crippen molar-refractivity contribution in [2.24, 2.45) is 5.92 Å². The van der Waals surface area contributed by atoms with Crippen molar-refractivity contribution in [3.05, 3.63) is 23.4 Å². The molecular formula is C14H22N2O2. The number of aryl methyl sites for hydroxylation is 1. The zero-order valence-electron chi connectivity index (χ0n) is 11.2. The van der Waals surface area contributed by atoms with Crippen molar-refractivity contribution in [1.82, 2.24) is 4.98 Å². The quantitative estimate of drug-likeness (QED) is 0.749. The van der Waals surface area contributed by atoms with Crippen molar-refractivity contribution >= 4 is 5.82 Å². The zero-order chi connectivity index (χ0) is 13.0. The number of likely N-dealkylation sites (N-methyl/N-ethyl adjacent to an activating group) is 1. The van der Waals surface area contributed by atoms with Crippen molar-refractivity contribution in [3.8, 4) is 0 Å². The van der Waals surface area contributed by atoms with E-state index >= 15 is 0 Å². The average molecular weight is 250 g/mol. The number of hydrogen-bond donors (Lipinski definition) is 1. The monoisotopic (exact) mass is 250 g/mol. The molecule has 2 rings (SSSR count). The van der Waals surface area contributed by atoms with Crippen LogP contribution in [0.3, 0.4) is 0 Å². The summed E-state index contributed by atoms with van der Waals surface area (Å²) in [5.41, 5.74) is 1.84. The molecule has 0 bridgehead atoms. The SMILES string of the molecule is Cc1cc(CO)cc(N(C)CCOCC2CC2)n1. The van der Waals surface area contributed by atoms with Crippen LogP contribution in [0.5, 0.6) is 0 Å². The summed E-state index contributed by atoms with van der Waals surface area (Å²) in [4.78, 5) is 6.54. The van der Waals surface area contributed by atoms with Gasteiger partial charge in [-0.3, -0.25) is 0 Å². The Bertz CT molecular complexity index is 391. The van der Waals surface area contributed by atoms with E-state index < -0.39 is 0 Å². The molecule has 18 heavy (non-hydrogen) atoms. The van der Waals surface area contributed by atoms with Gasteiger partial charge in [0.1, 0.15) is 5.82 Å². The molecule has 4 heteroatoms. The maximum atomic E-state index is 9.18. The lowest BCUT2D eigenvalue weighted by molar-refractivity contribution is 0.131. The zero-order valence-corrected chi connectivity index (χ0v) is 11.2. The van der Waals surface area contributed by atoms with Crippen molar-refractivity contribution < 1.29 is 9.84 Å². The molecule has 1 aliphatic carbocycles. The normalized spacial score (nSPS) is 14.8. The van der Waals surface area contributed by atoms with Gasteiger partial charge in [-0.05, 0) is 43.4 Å². The average Bonchev–Trinajstić information content (AvgIpc) is 3.17. The predicted octanol–water partition coefficient (Wildman–Crippen LogP) is 1.75. The van der Waals surface area contributed by atoms with Gasteiger partial charge in [-0.15, -0.1) is 0 Å². The molecule has 100 valence electrons. The fraction of sp³-hybridized carbons (Fsp3) is 0.643. The minimum absolute atomic E-state index is 0.0579. The van der Waals surface area contributed by atoms with Gasteiger partial charge in [0.05, 0.1) is 13.2 Å². The van der Waals surface area contributed by atoms with Crippen LogP contribution in [0.4, 0.5) is 5.82 Å². The van der Waals surface area contributed by atoms with E-state index in [4.69, 9.17) is 4.74 Å². The molecule has 0 aliphatic heterocycles. The van der Waals surface area contributed by atoms with Crippen molar-refractivity contribution in [3.63, 3.8) is 0 Å². The van der Waals surface area contributed by atoms with E-state index in [-0.39, 0.29) is 6.61 Å². The van der Waals surface area contributed by atoms with E-state index in [2.05, 4.69) is 9.88 Å². The lowest BCUT2D eigenvalue weighted by atomic mass is 10.2. The molecule has 0 radical (unpaired) electrons. The van der Waals surface area contributed by atoms with Crippen molar-refractivity contribution in [2.75, 3.05) is 31.7 Å². The van der Waals surface area contributed by atoms with E-state index in [0.29, 0.717) is 0 Å². The van der Waals surface area contributed by atoms with Crippen LogP contribution in [0.25, 0.3) is 0 Å². The Morgan fingerprint density at radius 2 is 2.22 bits per heavy atom. The van der Waals surface area contributed by atoms with Gasteiger partial charge >= 0.3 is 0 Å². The van der Waals surface area contributed by atoms with Gasteiger partial charge in [-0.25, -0.2) is 4.98 Å². The molecule has 0 unspecified atom stereocenters. The van der Waals surface area contributed by atoms with Gasteiger partial charge in [-0.1, -0.05) is 0 Å². The van der Waals surface area contributed by atoms with Crippen LogP contribution >= 0.6 is 0 Å². The fourth-order valence-corrected chi connectivity index (χ4v) is 1.86. The first-order chi connectivity index (χ1) is 8.69. The summed E-state index contributed by atoms with van der Waals surface area (Å²) in [6.07, 6.45) is 2.66. The van der Waals surface area contributed by atoms with Gasteiger partial charge in [0.2, 0.25) is 0 Å². The number of rotatable bonds is 7. The van der Waals surface area contributed by atoms with Crippen LogP contribution in [0.2, 0.25) is 0 Å². The lowest BCUT2D eigenvalue weighted by Crippen LogP contribution is -2.24. The standard InChI is InChI=1S/C14H22N2O2/c1-11-7-13(9-17)8-14(15-11)16(2)5-6-18-10-12-3-4-12/h7-8,12,17H,3-6,9-10H2,1-2H3. The molecule has 1 N–H and O–H groups in total. The first-order valence-electron chi connectivity index (χ1n) is 6.56. The summed E-state index contributed by atoms with van der Waals surface area (Å²) in [7, 11) is 2.00. The van der Waals surface area contributed by atoms with Crippen LogP contribution in [0.15, 0.2) is 12.1 Å². The summed E-state index contributed by atoms with van der Waals surface area (Å²) in [6, 6.07) is 3.83. The van der Waals surface area contributed by atoms with Gasteiger partial charge in [0, 0.05) is 25.9 Å². The van der Waals surface area contributed by atoms with Crippen LogP contribution in [0.1, 0.15) is 24.1 Å². The third-order valence-electron chi connectivity index (χ3n) is 3.19. The van der Waals surface area contributed by atoms with Gasteiger partial charge < -0.3 is 14.7 Å². The molecule has 1 heterocycles. The highest BCUT2D eigenvalue weighted by Gasteiger charge is 2.21. The number of anilines is 1. The molecule has 1 aromatic rings. The summed E-state index contributed by atoms with van der Waals surface area (Å²) < 4.78 is 5.62. The highest BCUT2D eigenvalue weighted by atomic mass is 16.5. The molecule has 1 fully saturated rings. The largest absolute Gasteiger partial charge is 0.392 e. The molecule has 4 nitrogen and oxygen atoms in total. The Kier molecular flexibility index (Phi) is 4.55. The fourth-order valence-electron chi connectivity index (χ4n) is 1.86. The van der Waals surface area contributed by atoms with Crippen molar-refractivity contribution in [2.45, 2.75) is 26.4 Å². The molecule has 1 aliphatic rings. The van der Waals surface area contributed by atoms with E-state index in [9.17, 15) is 5.11 Å². The summed E-state index contributed by atoms with van der Waals surface area (Å²) in [5, 5.41) is 9.18. The Balaban J connectivity index is 1.82. The molecule has 0 saturated heterocycles.